The van der Waals surface area contributed by atoms with Crippen LogP contribution in [0.1, 0.15) is 15.9 Å². The summed E-state index contributed by atoms with van der Waals surface area (Å²) in [4.78, 5) is 16.5. The first-order valence-corrected chi connectivity index (χ1v) is 8.51. The summed E-state index contributed by atoms with van der Waals surface area (Å²) in [7, 11) is 0. The average Bonchev–Trinajstić information content (AvgIpc) is 2.90. The standard InChI is InChI=1S/C16H12ClN3O2S2/c1-8-2-3-9(6-11(8)17)14(22)19-15(23)20-16-18-12-5-4-10(21)7-13(12)24-16/h2-7,21H,1H3,(H2,18,19,20,22,23). The van der Waals surface area contributed by atoms with Gasteiger partial charge in [-0.1, -0.05) is 29.0 Å². The van der Waals surface area contributed by atoms with Crippen molar-refractivity contribution in [1.82, 2.24) is 10.3 Å². The smallest absolute Gasteiger partial charge is 0.257 e. The number of fused-ring (bicyclic) bond motifs is 1. The van der Waals surface area contributed by atoms with Crippen LogP contribution in [-0.4, -0.2) is 21.1 Å². The summed E-state index contributed by atoms with van der Waals surface area (Å²) in [6.45, 7) is 1.86. The van der Waals surface area contributed by atoms with Gasteiger partial charge in [-0.25, -0.2) is 4.98 Å². The molecule has 1 aromatic heterocycles. The van der Waals surface area contributed by atoms with E-state index in [0.717, 1.165) is 15.8 Å². The van der Waals surface area contributed by atoms with Crippen LogP contribution in [0, 0.1) is 6.92 Å². The van der Waals surface area contributed by atoms with Gasteiger partial charge in [0.15, 0.2) is 10.2 Å². The van der Waals surface area contributed by atoms with Gasteiger partial charge >= 0.3 is 0 Å². The van der Waals surface area contributed by atoms with Crippen LogP contribution in [0.4, 0.5) is 5.13 Å². The minimum absolute atomic E-state index is 0.139. The molecule has 1 heterocycles. The SMILES string of the molecule is Cc1ccc(C(=O)NC(=S)Nc2nc3ccc(O)cc3s2)cc1Cl. The number of phenolic OH excluding ortho intramolecular Hbond substituents is 1. The molecular weight excluding hydrogens is 366 g/mol. The highest BCUT2D eigenvalue weighted by atomic mass is 35.5. The number of thiazole rings is 1. The van der Waals surface area contributed by atoms with Gasteiger partial charge in [0, 0.05) is 10.6 Å². The predicted octanol–water partition coefficient (Wildman–Crippen LogP) is 4.09. The van der Waals surface area contributed by atoms with Gasteiger partial charge in [0.05, 0.1) is 10.2 Å². The molecule has 0 unspecified atom stereocenters. The first-order chi connectivity index (χ1) is 11.4. The van der Waals surface area contributed by atoms with Gasteiger partial charge in [0.25, 0.3) is 5.91 Å². The largest absolute Gasteiger partial charge is 0.508 e. The number of hydrogen-bond donors (Lipinski definition) is 3. The van der Waals surface area contributed by atoms with Gasteiger partial charge < -0.3 is 10.4 Å². The lowest BCUT2D eigenvalue weighted by atomic mass is 10.1. The quantitative estimate of drug-likeness (QED) is 0.586. The molecule has 0 bridgehead atoms. The van der Waals surface area contributed by atoms with Crippen molar-refractivity contribution >= 4 is 61.5 Å². The fraction of sp³-hybridized carbons (Fsp3) is 0.0625. The molecule has 3 N–H and O–H groups in total. The van der Waals surface area contributed by atoms with Crippen LogP contribution < -0.4 is 10.6 Å². The van der Waals surface area contributed by atoms with Gasteiger partial charge in [-0.3, -0.25) is 10.1 Å². The Morgan fingerprint density at radius 2 is 2.08 bits per heavy atom. The van der Waals surface area contributed by atoms with Gasteiger partial charge in [-0.15, -0.1) is 0 Å². The molecule has 0 spiro atoms. The summed E-state index contributed by atoms with van der Waals surface area (Å²) in [6.07, 6.45) is 0. The molecule has 0 radical (unpaired) electrons. The summed E-state index contributed by atoms with van der Waals surface area (Å²) in [5, 5.41) is 16.1. The zero-order valence-electron chi connectivity index (χ0n) is 12.5. The zero-order valence-corrected chi connectivity index (χ0v) is 14.9. The van der Waals surface area contributed by atoms with Crippen molar-refractivity contribution < 1.29 is 9.90 Å². The number of carbonyl (C=O) groups excluding carboxylic acids is 1. The van der Waals surface area contributed by atoms with E-state index in [2.05, 4.69) is 15.6 Å². The van der Waals surface area contributed by atoms with Crippen LogP contribution in [-0.2, 0) is 0 Å². The Kier molecular flexibility index (Phi) is 4.66. The number of thiocarbonyl (C=S) groups is 1. The van der Waals surface area contributed by atoms with Gasteiger partial charge in [0.2, 0.25) is 0 Å². The number of aromatic hydroxyl groups is 1. The molecule has 122 valence electrons. The fourth-order valence-corrected chi connectivity index (χ4v) is 3.34. The van der Waals surface area contributed by atoms with Gasteiger partial charge in [-0.05, 0) is 55.0 Å². The third-order valence-electron chi connectivity index (χ3n) is 3.25. The maximum absolute atomic E-state index is 12.2. The van der Waals surface area contributed by atoms with Gasteiger partial charge in [-0.2, -0.15) is 0 Å². The Bertz CT molecular complexity index is 956. The van der Waals surface area contributed by atoms with Crippen LogP contribution in [0.2, 0.25) is 5.02 Å². The van der Waals surface area contributed by atoms with E-state index in [9.17, 15) is 9.90 Å². The van der Waals surface area contributed by atoms with E-state index in [-0.39, 0.29) is 16.8 Å². The topological polar surface area (TPSA) is 74.2 Å². The zero-order chi connectivity index (χ0) is 17.3. The minimum atomic E-state index is -0.354. The lowest BCUT2D eigenvalue weighted by Crippen LogP contribution is -2.34. The van der Waals surface area contributed by atoms with Crippen molar-refractivity contribution in [3.8, 4) is 5.75 Å². The molecule has 0 atom stereocenters. The molecule has 0 saturated carbocycles. The normalized spacial score (nSPS) is 10.6. The molecule has 3 rings (SSSR count). The first-order valence-electron chi connectivity index (χ1n) is 6.90. The second-order valence-corrected chi connectivity index (χ2v) is 6.89. The minimum Gasteiger partial charge on any atom is -0.508 e. The summed E-state index contributed by atoms with van der Waals surface area (Å²) in [5.74, 6) is -0.182. The third-order valence-corrected chi connectivity index (χ3v) is 4.80. The highest BCUT2D eigenvalue weighted by Crippen LogP contribution is 2.28. The third kappa shape index (κ3) is 3.64. The fourth-order valence-electron chi connectivity index (χ4n) is 2.00. The Labute approximate surface area is 152 Å². The number of nitrogens with zero attached hydrogens (tertiary/aromatic N) is 1. The van der Waals surface area contributed by atoms with Crippen molar-refractivity contribution in [2.45, 2.75) is 6.92 Å². The highest BCUT2D eigenvalue weighted by molar-refractivity contribution is 7.80. The number of amides is 1. The van der Waals surface area contributed by atoms with Gasteiger partial charge in [0.1, 0.15) is 5.75 Å². The van der Waals surface area contributed by atoms with Crippen molar-refractivity contribution in [2.24, 2.45) is 0 Å². The lowest BCUT2D eigenvalue weighted by Gasteiger charge is -2.08. The number of benzene rings is 2. The Balaban J connectivity index is 1.69. The lowest BCUT2D eigenvalue weighted by molar-refractivity contribution is 0.0977. The van der Waals surface area contributed by atoms with Crippen molar-refractivity contribution in [2.75, 3.05) is 5.32 Å². The molecule has 0 aliphatic heterocycles. The number of aromatic nitrogens is 1. The molecule has 1 amide bonds. The summed E-state index contributed by atoms with van der Waals surface area (Å²) < 4.78 is 0.817. The highest BCUT2D eigenvalue weighted by Gasteiger charge is 2.11. The molecule has 0 aliphatic rings. The summed E-state index contributed by atoms with van der Waals surface area (Å²) in [6, 6.07) is 9.94. The maximum atomic E-state index is 12.2. The second kappa shape index (κ2) is 6.72. The first kappa shape index (κ1) is 16.6. The Morgan fingerprint density at radius 1 is 1.29 bits per heavy atom. The number of carbonyl (C=O) groups is 1. The average molecular weight is 378 g/mol. The van der Waals surface area contributed by atoms with E-state index in [4.69, 9.17) is 23.8 Å². The van der Waals surface area contributed by atoms with Crippen LogP contribution in [0.15, 0.2) is 36.4 Å². The monoisotopic (exact) mass is 377 g/mol. The number of aryl methyl sites for hydroxylation is 1. The molecule has 2 aromatic carbocycles. The Hall–Kier alpha value is -2.22. The van der Waals surface area contributed by atoms with Crippen molar-refractivity contribution in [3.05, 3.63) is 52.5 Å². The molecule has 24 heavy (non-hydrogen) atoms. The van der Waals surface area contributed by atoms with E-state index < -0.39 is 0 Å². The van der Waals surface area contributed by atoms with Crippen LogP contribution in [0.5, 0.6) is 5.75 Å². The van der Waals surface area contributed by atoms with E-state index >= 15 is 0 Å². The van der Waals surface area contributed by atoms with Crippen LogP contribution in [0.3, 0.4) is 0 Å². The predicted molar refractivity (Wildman–Crippen MR) is 101 cm³/mol. The number of phenols is 1. The molecular formula is C16H12ClN3O2S2. The van der Waals surface area contributed by atoms with Crippen molar-refractivity contribution in [1.29, 1.82) is 0 Å². The molecule has 3 aromatic rings. The number of halogens is 1. The molecule has 0 saturated heterocycles. The van der Waals surface area contributed by atoms with E-state index in [1.807, 2.05) is 6.92 Å². The molecule has 0 aliphatic carbocycles. The molecule has 8 heteroatoms. The van der Waals surface area contributed by atoms with E-state index in [1.165, 1.54) is 11.3 Å². The summed E-state index contributed by atoms with van der Waals surface area (Å²) >= 11 is 12.5. The van der Waals surface area contributed by atoms with Crippen molar-refractivity contribution in [3.63, 3.8) is 0 Å². The number of anilines is 1. The summed E-state index contributed by atoms with van der Waals surface area (Å²) in [5.41, 5.74) is 2.05. The Morgan fingerprint density at radius 3 is 2.83 bits per heavy atom. The maximum Gasteiger partial charge on any atom is 0.257 e. The number of nitrogens with one attached hydrogen (secondary N) is 2. The number of hydrogen-bond acceptors (Lipinski definition) is 5. The van der Waals surface area contributed by atoms with Crippen LogP contribution in [0.25, 0.3) is 10.2 Å². The van der Waals surface area contributed by atoms with Crippen LogP contribution >= 0.6 is 35.2 Å². The molecule has 5 nitrogen and oxygen atoms in total. The van der Waals surface area contributed by atoms with E-state index in [1.54, 1.807) is 36.4 Å². The molecule has 0 fully saturated rings. The number of rotatable bonds is 2. The van der Waals surface area contributed by atoms with E-state index in [0.29, 0.717) is 15.7 Å². The second-order valence-electron chi connectivity index (χ2n) is 5.04.